The molecule has 2 aromatic heterocycles. The second-order valence-electron chi connectivity index (χ2n) is 4.18. The normalized spacial score (nSPS) is 10.6. The first kappa shape index (κ1) is 11.9. The summed E-state index contributed by atoms with van der Waals surface area (Å²) in [5.74, 6) is 1.38. The minimum atomic E-state index is 0.406. The summed E-state index contributed by atoms with van der Waals surface area (Å²) >= 11 is 5.84. The molecule has 3 rings (SSSR count). The molecule has 0 radical (unpaired) electrons. The number of hydrogen-bond donors (Lipinski definition) is 0. The molecule has 0 amide bonds. The van der Waals surface area contributed by atoms with E-state index in [1.807, 2.05) is 37.3 Å². The second kappa shape index (κ2) is 4.86. The first-order valence-corrected chi connectivity index (χ1v) is 6.26. The van der Waals surface area contributed by atoms with Crippen LogP contribution in [0.2, 0.25) is 5.15 Å². The molecule has 4 heteroatoms. The van der Waals surface area contributed by atoms with Gasteiger partial charge in [0.15, 0.2) is 0 Å². The number of halogens is 1. The van der Waals surface area contributed by atoms with Gasteiger partial charge in [0.25, 0.3) is 0 Å². The summed E-state index contributed by atoms with van der Waals surface area (Å²) in [5, 5.41) is 1.45. The number of rotatable bonds is 2. The van der Waals surface area contributed by atoms with E-state index in [-0.39, 0.29) is 0 Å². The van der Waals surface area contributed by atoms with Gasteiger partial charge in [-0.3, -0.25) is 0 Å². The zero-order chi connectivity index (χ0) is 13.2. The van der Waals surface area contributed by atoms with Gasteiger partial charge in [0, 0.05) is 17.6 Å². The van der Waals surface area contributed by atoms with Gasteiger partial charge in [-0.15, -0.1) is 0 Å². The molecule has 0 bridgehead atoms. The van der Waals surface area contributed by atoms with Crippen molar-refractivity contribution < 1.29 is 4.74 Å². The molecule has 0 saturated carbocycles. The molecule has 0 fully saturated rings. The lowest BCUT2D eigenvalue weighted by atomic mass is 10.2. The van der Waals surface area contributed by atoms with Crippen LogP contribution in [0.3, 0.4) is 0 Å². The number of hydrogen-bond acceptors (Lipinski definition) is 3. The molecule has 0 aliphatic carbocycles. The maximum absolute atomic E-state index is 5.84. The summed E-state index contributed by atoms with van der Waals surface area (Å²) in [5.41, 5.74) is 1.80. The van der Waals surface area contributed by atoms with E-state index in [2.05, 4.69) is 9.97 Å². The van der Waals surface area contributed by atoms with E-state index in [1.54, 1.807) is 18.3 Å². The molecule has 3 nitrogen and oxygen atoms in total. The second-order valence-corrected chi connectivity index (χ2v) is 4.57. The van der Waals surface area contributed by atoms with Crippen molar-refractivity contribution in [2.75, 3.05) is 0 Å². The largest absolute Gasteiger partial charge is 0.455 e. The quantitative estimate of drug-likeness (QED) is 0.648. The Hall–Kier alpha value is -2.13. The van der Waals surface area contributed by atoms with Gasteiger partial charge in [-0.05, 0) is 25.1 Å². The fraction of sp³-hybridized carbons (Fsp3) is 0.0667. The lowest BCUT2D eigenvalue weighted by molar-refractivity contribution is 0.476. The summed E-state index contributed by atoms with van der Waals surface area (Å²) in [7, 11) is 0. The van der Waals surface area contributed by atoms with E-state index >= 15 is 0 Å². The third kappa shape index (κ3) is 2.51. The standard InChI is InChI=1S/C15H11ClN2O/c1-10-14(19-12-6-7-17-15(16)9-12)8-11-4-2-3-5-13(11)18-10/h2-9H,1H3. The molecule has 0 spiro atoms. The summed E-state index contributed by atoms with van der Waals surface area (Å²) in [6.07, 6.45) is 1.61. The van der Waals surface area contributed by atoms with Gasteiger partial charge in [-0.25, -0.2) is 9.97 Å². The van der Waals surface area contributed by atoms with Crippen LogP contribution in [0.4, 0.5) is 0 Å². The highest BCUT2D eigenvalue weighted by Crippen LogP contribution is 2.28. The predicted molar refractivity (Wildman–Crippen MR) is 75.8 cm³/mol. The number of benzene rings is 1. The molecular weight excluding hydrogens is 260 g/mol. The van der Waals surface area contributed by atoms with Crippen molar-refractivity contribution in [2.24, 2.45) is 0 Å². The van der Waals surface area contributed by atoms with Crippen LogP contribution in [0.1, 0.15) is 5.69 Å². The molecule has 0 saturated heterocycles. The highest BCUT2D eigenvalue weighted by molar-refractivity contribution is 6.29. The molecule has 94 valence electrons. The lowest BCUT2D eigenvalue weighted by Gasteiger charge is -2.09. The average molecular weight is 271 g/mol. The van der Waals surface area contributed by atoms with E-state index < -0.39 is 0 Å². The highest BCUT2D eigenvalue weighted by atomic mass is 35.5. The van der Waals surface area contributed by atoms with Gasteiger partial charge >= 0.3 is 0 Å². The number of fused-ring (bicyclic) bond motifs is 1. The SMILES string of the molecule is Cc1nc2ccccc2cc1Oc1ccnc(Cl)c1. The van der Waals surface area contributed by atoms with E-state index in [0.717, 1.165) is 22.3 Å². The van der Waals surface area contributed by atoms with E-state index in [4.69, 9.17) is 16.3 Å². The van der Waals surface area contributed by atoms with E-state index in [9.17, 15) is 0 Å². The van der Waals surface area contributed by atoms with Crippen molar-refractivity contribution in [3.8, 4) is 11.5 Å². The average Bonchev–Trinajstić information content (AvgIpc) is 2.40. The molecule has 0 N–H and O–H groups in total. The van der Waals surface area contributed by atoms with Crippen LogP contribution in [0, 0.1) is 6.92 Å². The number of para-hydroxylation sites is 1. The van der Waals surface area contributed by atoms with Gasteiger partial charge in [-0.2, -0.15) is 0 Å². The Labute approximate surface area is 115 Å². The minimum Gasteiger partial charge on any atom is -0.455 e. The van der Waals surface area contributed by atoms with Crippen LogP contribution in [0.15, 0.2) is 48.7 Å². The Bertz CT molecular complexity index is 743. The van der Waals surface area contributed by atoms with Crippen LogP contribution in [-0.2, 0) is 0 Å². The maximum atomic E-state index is 5.84. The van der Waals surface area contributed by atoms with Crippen molar-refractivity contribution >= 4 is 22.5 Å². The number of ether oxygens (including phenoxy) is 1. The lowest BCUT2D eigenvalue weighted by Crippen LogP contribution is -1.92. The zero-order valence-electron chi connectivity index (χ0n) is 10.3. The third-order valence-corrected chi connectivity index (χ3v) is 3.00. The van der Waals surface area contributed by atoms with Crippen molar-refractivity contribution in [3.05, 3.63) is 59.5 Å². The number of nitrogens with zero attached hydrogens (tertiary/aromatic N) is 2. The Morgan fingerprint density at radius 2 is 1.95 bits per heavy atom. The van der Waals surface area contributed by atoms with Gasteiger partial charge in [0.05, 0.1) is 11.2 Å². The van der Waals surface area contributed by atoms with Gasteiger partial charge in [0.2, 0.25) is 0 Å². The zero-order valence-corrected chi connectivity index (χ0v) is 11.1. The Kier molecular flexibility index (Phi) is 3.05. The first-order chi connectivity index (χ1) is 9.22. The van der Waals surface area contributed by atoms with Crippen LogP contribution in [0.25, 0.3) is 10.9 Å². The number of aromatic nitrogens is 2. The van der Waals surface area contributed by atoms with Crippen LogP contribution < -0.4 is 4.74 Å². The Morgan fingerprint density at radius 3 is 2.79 bits per heavy atom. The highest BCUT2D eigenvalue weighted by Gasteiger charge is 2.06. The van der Waals surface area contributed by atoms with Crippen molar-refractivity contribution in [1.82, 2.24) is 9.97 Å². The van der Waals surface area contributed by atoms with Crippen molar-refractivity contribution in [1.29, 1.82) is 0 Å². The smallest absolute Gasteiger partial charge is 0.149 e. The molecule has 0 atom stereocenters. The van der Waals surface area contributed by atoms with Crippen LogP contribution in [-0.4, -0.2) is 9.97 Å². The predicted octanol–water partition coefficient (Wildman–Crippen LogP) is 4.38. The molecule has 19 heavy (non-hydrogen) atoms. The fourth-order valence-electron chi connectivity index (χ4n) is 1.87. The monoisotopic (exact) mass is 270 g/mol. The third-order valence-electron chi connectivity index (χ3n) is 2.79. The van der Waals surface area contributed by atoms with Gasteiger partial charge in [0.1, 0.15) is 16.7 Å². The Balaban J connectivity index is 2.03. The van der Waals surface area contributed by atoms with Gasteiger partial charge < -0.3 is 4.74 Å². The van der Waals surface area contributed by atoms with Crippen molar-refractivity contribution in [3.63, 3.8) is 0 Å². The van der Waals surface area contributed by atoms with Crippen LogP contribution in [0.5, 0.6) is 11.5 Å². The van der Waals surface area contributed by atoms with E-state index in [0.29, 0.717) is 10.9 Å². The first-order valence-electron chi connectivity index (χ1n) is 5.88. The molecule has 1 aromatic carbocycles. The summed E-state index contributed by atoms with van der Waals surface area (Å²) in [4.78, 5) is 8.44. The molecule has 0 aliphatic heterocycles. The molecular formula is C15H11ClN2O. The summed E-state index contributed by atoms with van der Waals surface area (Å²) < 4.78 is 5.81. The minimum absolute atomic E-state index is 0.406. The molecule has 0 aliphatic rings. The molecule has 0 unspecified atom stereocenters. The van der Waals surface area contributed by atoms with E-state index in [1.165, 1.54) is 0 Å². The number of pyridine rings is 2. The maximum Gasteiger partial charge on any atom is 0.149 e. The summed E-state index contributed by atoms with van der Waals surface area (Å²) in [6, 6.07) is 13.4. The summed E-state index contributed by atoms with van der Waals surface area (Å²) in [6.45, 7) is 1.92. The van der Waals surface area contributed by atoms with Crippen LogP contribution >= 0.6 is 11.6 Å². The van der Waals surface area contributed by atoms with Crippen molar-refractivity contribution in [2.45, 2.75) is 6.92 Å². The fourth-order valence-corrected chi connectivity index (χ4v) is 2.04. The topological polar surface area (TPSA) is 35.0 Å². The number of aryl methyl sites for hydroxylation is 1. The van der Waals surface area contributed by atoms with Gasteiger partial charge in [-0.1, -0.05) is 29.8 Å². The molecule has 3 aromatic rings. The Morgan fingerprint density at radius 1 is 1.11 bits per heavy atom. The molecule has 2 heterocycles.